The molecule has 1 aliphatic rings. The monoisotopic (exact) mass is 431 g/mol. The van der Waals surface area contributed by atoms with Crippen LogP contribution in [0.15, 0.2) is 52.0 Å². The molecule has 1 aliphatic heterocycles. The molecule has 0 bridgehead atoms. The number of benzene rings is 1. The Morgan fingerprint density at radius 2 is 2.03 bits per heavy atom. The van der Waals surface area contributed by atoms with E-state index in [4.69, 9.17) is 21.4 Å². The first-order valence-corrected chi connectivity index (χ1v) is 9.73. The maximum absolute atomic E-state index is 12.5. The van der Waals surface area contributed by atoms with Crippen LogP contribution in [0.25, 0.3) is 6.08 Å². The Labute approximate surface area is 176 Å². The van der Waals surface area contributed by atoms with Crippen LogP contribution in [0, 0.1) is 0 Å². The highest BCUT2D eigenvalue weighted by Gasteiger charge is 2.32. The number of hydrogen-bond donors (Lipinski definition) is 2. The molecule has 0 aliphatic carbocycles. The molecule has 0 atom stereocenters. The van der Waals surface area contributed by atoms with E-state index < -0.39 is 11.8 Å². The van der Waals surface area contributed by atoms with Crippen LogP contribution in [0.3, 0.4) is 0 Å². The van der Waals surface area contributed by atoms with Crippen molar-refractivity contribution in [1.29, 1.82) is 0 Å². The van der Waals surface area contributed by atoms with Gasteiger partial charge in [-0.2, -0.15) is 0 Å². The van der Waals surface area contributed by atoms with Crippen molar-refractivity contribution in [3.05, 3.63) is 58.9 Å². The van der Waals surface area contributed by atoms with Gasteiger partial charge in [0.2, 0.25) is 5.91 Å². The molecule has 0 unspecified atom stereocenters. The van der Waals surface area contributed by atoms with Gasteiger partial charge < -0.3 is 9.15 Å². The molecule has 1 aromatic heterocycles. The molecule has 2 aromatic rings. The second kappa shape index (κ2) is 9.39. The lowest BCUT2D eigenvalue weighted by molar-refractivity contribution is -0.124. The van der Waals surface area contributed by atoms with Crippen LogP contribution < -0.4 is 15.6 Å². The molecule has 29 heavy (non-hydrogen) atoms. The number of thiocarbonyl (C=S) groups is 1. The number of thioether (sulfide) groups is 1. The standard InChI is InChI=1S/C19H17N3O5S2/c1-26-14-7-3-2-6-13(14)17(24)21-20-16(23)8-9-22-18(25)15(29-19(22)28)11-12-5-4-10-27-12/h2-7,10-11H,8-9H2,1H3,(H,20,23)(H,21,24). The first-order valence-electron chi connectivity index (χ1n) is 8.50. The lowest BCUT2D eigenvalue weighted by Crippen LogP contribution is -2.43. The van der Waals surface area contributed by atoms with E-state index in [9.17, 15) is 14.4 Å². The van der Waals surface area contributed by atoms with Gasteiger partial charge in [-0.15, -0.1) is 0 Å². The first-order chi connectivity index (χ1) is 14.0. The summed E-state index contributed by atoms with van der Waals surface area (Å²) in [4.78, 5) is 38.5. The fourth-order valence-electron chi connectivity index (χ4n) is 2.50. The number of carbonyl (C=O) groups is 3. The summed E-state index contributed by atoms with van der Waals surface area (Å²) in [5, 5.41) is 0. The van der Waals surface area contributed by atoms with Crippen molar-refractivity contribution in [3.63, 3.8) is 0 Å². The Balaban J connectivity index is 1.51. The van der Waals surface area contributed by atoms with E-state index in [0.717, 1.165) is 11.8 Å². The number of nitrogens with one attached hydrogen (secondary N) is 2. The molecule has 8 nitrogen and oxygen atoms in total. The first kappa shape index (κ1) is 20.6. The summed E-state index contributed by atoms with van der Waals surface area (Å²) < 4.78 is 10.7. The minimum absolute atomic E-state index is 0.0350. The zero-order chi connectivity index (χ0) is 20.8. The number of ether oxygens (including phenoxy) is 1. The Morgan fingerprint density at radius 3 is 2.76 bits per heavy atom. The molecular formula is C19H17N3O5S2. The second-order valence-electron chi connectivity index (χ2n) is 5.80. The van der Waals surface area contributed by atoms with Crippen molar-refractivity contribution >= 4 is 52.1 Å². The molecule has 2 N–H and O–H groups in total. The number of hydrazine groups is 1. The summed E-state index contributed by atoms with van der Waals surface area (Å²) >= 11 is 6.37. The summed E-state index contributed by atoms with van der Waals surface area (Å²) in [6.45, 7) is 0.0938. The topological polar surface area (TPSA) is 101 Å². The predicted molar refractivity (Wildman–Crippen MR) is 112 cm³/mol. The number of furan rings is 1. The minimum atomic E-state index is -0.511. The van der Waals surface area contributed by atoms with E-state index in [1.807, 2.05) is 0 Å². The number of rotatable bonds is 6. The lowest BCUT2D eigenvalue weighted by Gasteiger charge is -2.14. The van der Waals surface area contributed by atoms with Gasteiger partial charge in [-0.25, -0.2) is 0 Å². The third kappa shape index (κ3) is 5.04. The number of hydrogen-bond acceptors (Lipinski definition) is 7. The number of nitrogens with zero attached hydrogens (tertiary/aromatic N) is 1. The van der Waals surface area contributed by atoms with Crippen LogP contribution in [-0.4, -0.2) is 40.6 Å². The normalized spacial score (nSPS) is 14.9. The average molecular weight is 431 g/mol. The Bertz CT molecular complexity index is 972. The molecule has 0 radical (unpaired) electrons. The van der Waals surface area contributed by atoms with Gasteiger partial charge in [0.1, 0.15) is 15.8 Å². The van der Waals surface area contributed by atoms with Gasteiger partial charge in [-0.3, -0.25) is 30.1 Å². The third-order valence-electron chi connectivity index (χ3n) is 3.92. The van der Waals surface area contributed by atoms with Crippen LogP contribution >= 0.6 is 24.0 Å². The molecule has 0 saturated carbocycles. The molecule has 0 spiro atoms. The molecule has 1 saturated heterocycles. The van der Waals surface area contributed by atoms with Gasteiger partial charge in [0.25, 0.3) is 11.8 Å². The fraction of sp³-hybridized carbons (Fsp3) is 0.158. The van der Waals surface area contributed by atoms with E-state index in [2.05, 4.69) is 10.9 Å². The highest BCUT2D eigenvalue weighted by molar-refractivity contribution is 8.26. The zero-order valence-electron chi connectivity index (χ0n) is 15.3. The fourth-order valence-corrected chi connectivity index (χ4v) is 3.79. The molecule has 1 fully saturated rings. The van der Waals surface area contributed by atoms with E-state index in [1.54, 1.807) is 42.5 Å². The molecule has 1 aromatic carbocycles. The van der Waals surface area contributed by atoms with E-state index in [-0.39, 0.29) is 24.4 Å². The van der Waals surface area contributed by atoms with Gasteiger partial charge in [0.05, 0.1) is 23.8 Å². The largest absolute Gasteiger partial charge is 0.496 e. The van der Waals surface area contributed by atoms with Gasteiger partial charge in [0.15, 0.2) is 0 Å². The minimum Gasteiger partial charge on any atom is -0.496 e. The second-order valence-corrected chi connectivity index (χ2v) is 7.48. The van der Waals surface area contributed by atoms with Crippen LogP contribution in [0.5, 0.6) is 5.75 Å². The predicted octanol–water partition coefficient (Wildman–Crippen LogP) is 2.34. The SMILES string of the molecule is COc1ccccc1C(=O)NNC(=O)CCN1C(=O)C(=Cc2ccco2)SC1=S. The molecule has 10 heteroatoms. The van der Waals surface area contributed by atoms with Crippen molar-refractivity contribution in [2.24, 2.45) is 0 Å². The lowest BCUT2D eigenvalue weighted by atomic mass is 10.2. The summed E-state index contributed by atoms with van der Waals surface area (Å²) in [6.07, 6.45) is 3.08. The van der Waals surface area contributed by atoms with Gasteiger partial charge in [-0.05, 0) is 24.3 Å². The van der Waals surface area contributed by atoms with Crippen molar-refractivity contribution < 1.29 is 23.5 Å². The maximum Gasteiger partial charge on any atom is 0.273 e. The van der Waals surface area contributed by atoms with E-state index in [0.29, 0.717) is 20.7 Å². The Kier molecular flexibility index (Phi) is 6.68. The molecule has 2 heterocycles. The molecule has 3 rings (SSSR count). The molecular weight excluding hydrogens is 414 g/mol. The third-order valence-corrected chi connectivity index (χ3v) is 5.30. The van der Waals surface area contributed by atoms with Crippen molar-refractivity contribution in [3.8, 4) is 5.75 Å². The van der Waals surface area contributed by atoms with Gasteiger partial charge >= 0.3 is 0 Å². The quantitative estimate of drug-likeness (QED) is 0.411. The van der Waals surface area contributed by atoms with Crippen LogP contribution in [0.4, 0.5) is 0 Å². The number of carbonyl (C=O) groups excluding carboxylic acids is 3. The Hall–Kier alpha value is -3.11. The van der Waals surface area contributed by atoms with Crippen molar-refractivity contribution in [2.45, 2.75) is 6.42 Å². The summed E-state index contributed by atoms with van der Waals surface area (Å²) in [5.74, 6) is -0.329. The Morgan fingerprint density at radius 1 is 1.24 bits per heavy atom. The van der Waals surface area contributed by atoms with Crippen LogP contribution in [0.1, 0.15) is 22.5 Å². The van der Waals surface area contributed by atoms with Gasteiger partial charge in [0, 0.05) is 19.0 Å². The van der Waals surface area contributed by atoms with Crippen LogP contribution in [-0.2, 0) is 9.59 Å². The summed E-state index contributed by atoms with van der Waals surface area (Å²) in [7, 11) is 1.45. The van der Waals surface area contributed by atoms with Crippen molar-refractivity contribution in [1.82, 2.24) is 15.8 Å². The highest BCUT2D eigenvalue weighted by Crippen LogP contribution is 2.32. The van der Waals surface area contributed by atoms with E-state index in [1.165, 1.54) is 18.3 Å². The summed E-state index contributed by atoms with van der Waals surface area (Å²) in [6, 6.07) is 10.1. The smallest absolute Gasteiger partial charge is 0.273 e. The highest BCUT2D eigenvalue weighted by atomic mass is 32.2. The number of amides is 3. The molecule has 150 valence electrons. The maximum atomic E-state index is 12.5. The van der Waals surface area contributed by atoms with Crippen molar-refractivity contribution in [2.75, 3.05) is 13.7 Å². The molecule has 3 amide bonds. The average Bonchev–Trinajstić information content (AvgIpc) is 3.33. The zero-order valence-corrected chi connectivity index (χ0v) is 17.0. The summed E-state index contributed by atoms with van der Waals surface area (Å²) in [5.41, 5.74) is 4.94. The van der Waals surface area contributed by atoms with Crippen LogP contribution in [0.2, 0.25) is 0 Å². The number of methoxy groups -OCH3 is 1. The van der Waals surface area contributed by atoms with Gasteiger partial charge in [-0.1, -0.05) is 36.1 Å². The van der Waals surface area contributed by atoms with E-state index >= 15 is 0 Å². The number of para-hydroxylation sites is 1.